The van der Waals surface area contributed by atoms with Crippen LogP contribution in [0.15, 0.2) is 23.8 Å². The third-order valence-electron chi connectivity index (χ3n) is 4.76. The molecule has 31 heavy (non-hydrogen) atoms. The summed E-state index contributed by atoms with van der Waals surface area (Å²) in [4.78, 5) is 13.9. The highest BCUT2D eigenvalue weighted by Crippen LogP contribution is 2.38. The lowest BCUT2D eigenvalue weighted by Crippen LogP contribution is -2.13. The Hall–Kier alpha value is -3.73. The number of carbonyl (C=O) groups is 1. The number of hydrogen-bond donors (Lipinski definition) is 1. The van der Waals surface area contributed by atoms with Gasteiger partial charge < -0.3 is 14.8 Å². The summed E-state index contributed by atoms with van der Waals surface area (Å²) in [6, 6.07) is 9.23. The predicted molar refractivity (Wildman–Crippen MR) is 120 cm³/mol. The van der Waals surface area contributed by atoms with E-state index in [1.807, 2.05) is 13.0 Å². The molecule has 0 spiro atoms. The molecule has 1 heterocycles. The van der Waals surface area contributed by atoms with Crippen molar-refractivity contribution in [2.24, 2.45) is 0 Å². The molecule has 156 valence electrons. The second-order valence-electron chi connectivity index (χ2n) is 6.78. The summed E-state index contributed by atoms with van der Waals surface area (Å²) in [6.45, 7) is 2.37. The Morgan fingerprint density at radius 3 is 2.77 bits per heavy atom. The lowest BCUT2D eigenvalue weighted by atomic mass is 9.96. The smallest absolute Gasteiger partial charge is 0.266 e. The van der Waals surface area contributed by atoms with Crippen molar-refractivity contribution in [3.63, 3.8) is 0 Å². The number of aryl methyl sites for hydroxylation is 1. The predicted octanol–water partition coefficient (Wildman–Crippen LogP) is 4.45. The van der Waals surface area contributed by atoms with E-state index in [0.29, 0.717) is 34.2 Å². The molecule has 1 N–H and O–H groups in total. The van der Waals surface area contributed by atoms with Crippen molar-refractivity contribution >= 4 is 28.3 Å². The zero-order valence-electron chi connectivity index (χ0n) is 17.2. The second-order valence-corrected chi connectivity index (χ2v) is 7.89. The van der Waals surface area contributed by atoms with Crippen molar-refractivity contribution < 1.29 is 14.3 Å². The molecule has 0 fully saturated rings. The molecule has 6 nitrogen and oxygen atoms in total. The van der Waals surface area contributed by atoms with Gasteiger partial charge in [-0.1, -0.05) is 12.0 Å². The van der Waals surface area contributed by atoms with Gasteiger partial charge in [0.1, 0.15) is 29.3 Å². The van der Waals surface area contributed by atoms with Gasteiger partial charge in [-0.2, -0.15) is 10.5 Å². The molecule has 1 aromatic heterocycles. The number of fused-ring (bicyclic) bond motifs is 1. The summed E-state index contributed by atoms with van der Waals surface area (Å²) in [6.07, 6.45) is 10.6. The zero-order valence-corrected chi connectivity index (χ0v) is 18.0. The maximum Gasteiger partial charge on any atom is 0.266 e. The number of thiophene rings is 1. The van der Waals surface area contributed by atoms with Gasteiger partial charge in [0.05, 0.1) is 12.2 Å². The summed E-state index contributed by atoms with van der Waals surface area (Å²) in [5.74, 6) is 2.81. The Bertz CT molecular complexity index is 1140. The van der Waals surface area contributed by atoms with Crippen molar-refractivity contribution in [3.8, 4) is 36.0 Å². The first-order chi connectivity index (χ1) is 15.1. The molecule has 1 amide bonds. The van der Waals surface area contributed by atoms with Crippen molar-refractivity contribution in [1.29, 1.82) is 10.5 Å². The SMILES string of the molecule is C#CCOc1ccc(/C=C(\C#N)C(=O)Nc2sc3c(c2C#N)CCCC3)cc1OCC. The lowest BCUT2D eigenvalue weighted by molar-refractivity contribution is -0.112. The Morgan fingerprint density at radius 1 is 1.26 bits per heavy atom. The molecule has 3 rings (SSSR count). The van der Waals surface area contributed by atoms with Crippen molar-refractivity contribution in [2.75, 3.05) is 18.5 Å². The van der Waals surface area contributed by atoms with E-state index in [9.17, 15) is 15.3 Å². The number of ether oxygens (including phenoxy) is 2. The van der Waals surface area contributed by atoms with Gasteiger partial charge in [0.2, 0.25) is 0 Å². The van der Waals surface area contributed by atoms with Crippen LogP contribution in [-0.4, -0.2) is 19.1 Å². The molecular weight excluding hydrogens is 410 g/mol. The highest BCUT2D eigenvalue weighted by Gasteiger charge is 2.22. The van der Waals surface area contributed by atoms with Crippen molar-refractivity contribution in [2.45, 2.75) is 32.6 Å². The molecule has 0 aliphatic heterocycles. The minimum Gasteiger partial charge on any atom is -0.490 e. The summed E-state index contributed by atoms with van der Waals surface area (Å²) in [5, 5.41) is 22.4. The molecule has 0 atom stereocenters. The Kier molecular flexibility index (Phi) is 7.33. The number of benzene rings is 1. The highest BCUT2D eigenvalue weighted by atomic mass is 32.1. The van der Waals surface area contributed by atoms with Crippen LogP contribution in [0.2, 0.25) is 0 Å². The number of nitrogens with one attached hydrogen (secondary N) is 1. The Labute approximate surface area is 185 Å². The normalized spacial score (nSPS) is 12.6. The number of nitriles is 2. The number of hydrogen-bond acceptors (Lipinski definition) is 6. The van der Waals surface area contributed by atoms with Gasteiger partial charge >= 0.3 is 0 Å². The number of rotatable bonds is 7. The van der Waals surface area contributed by atoms with Gasteiger partial charge in [-0.25, -0.2) is 0 Å². The fourth-order valence-electron chi connectivity index (χ4n) is 3.38. The van der Waals surface area contributed by atoms with Crippen LogP contribution in [0, 0.1) is 35.0 Å². The Balaban J connectivity index is 1.85. The fraction of sp³-hybridized carbons (Fsp3) is 0.292. The fourth-order valence-corrected chi connectivity index (χ4v) is 4.61. The standard InChI is InChI=1S/C24H21N3O3S/c1-3-11-30-20-10-9-16(13-21(20)29-4-2)12-17(14-25)23(28)27-24-19(15-26)18-7-5-6-8-22(18)31-24/h1,9-10,12-13H,4-8,11H2,2H3,(H,27,28)/b17-12+. The summed E-state index contributed by atoms with van der Waals surface area (Å²) >= 11 is 1.42. The molecule has 2 aromatic rings. The van der Waals surface area contributed by atoms with Crippen LogP contribution in [0.25, 0.3) is 6.08 Å². The van der Waals surface area contributed by atoms with Gasteiger partial charge in [-0.05, 0) is 61.9 Å². The van der Waals surface area contributed by atoms with Gasteiger partial charge in [0.25, 0.3) is 5.91 Å². The van der Waals surface area contributed by atoms with Crippen LogP contribution < -0.4 is 14.8 Å². The van der Waals surface area contributed by atoms with Crippen LogP contribution >= 0.6 is 11.3 Å². The van der Waals surface area contributed by atoms with E-state index in [2.05, 4.69) is 17.3 Å². The number of anilines is 1. The molecule has 0 unspecified atom stereocenters. The third kappa shape index (κ3) is 5.07. The van der Waals surface area contributed by atoms with E-state index >= 15 is 0 Å². The number of carbonyl (C=O) groups excluding carboxylic acids is 1. The maximum atomic E-state index is 12.8. The van der Waals surface area contributed by atoms with Gasteiger partial charge in [-0.15, -0.1) is 17.8 Å². The van der Waals surface area contributed by atoms with Gasteiger partial charge in [0.15, 0.2) is 11.5 Å². The van der Waals surface area contributed by atoms with E-state index in [-0.39, 0.29) is 12.2 Å². The topological polar surface area (TPSA) is 95.1 Å². The number of amides is 1. The van der Waals surface area contributed by atoms with E-state index in [1.54, 1.807) is 18.2 Å². The van der Waals surface area contributed by atoms with E-state index in [0.717, 1.165) is 36.1 Å². The molecule has 1 aromatic carbocycles. The quantitative estimate of drug-likeness (QED) is 0.397. The summed E-state index contributed by atoms with van der Waals surface area (Å²) in [7, 11) is 0. The number of nitrogens with zero attached hydrogens (tertiary/aromatic N) is 2. The summed E-state index contributed by atoms with van der Waals surface area (Å²) in [5.41, 5.74) is 2.07. The Morgan fingerprint density at radius 2 is 2.06 bits per heavy atom. The zero-order chi connectivity index (χ0) is 22.2. The first kappa shape index (κ1) is 22.0. The maximum absolute atomic E-state index is 12.8. The van der Waals surface area contributed by atoms with Crippen molar-refractivity contribution in [3.05, 3.63) is 45.3 Å². The molecule has 0 radical (unpaired) electrons. The molecule has 0 bridgehead atoms. The van der Waals surface area contributed by atoms with E-state index < -0.39 is 5.91 Å². The van der Waals surface area contributed by atoms with Crippen LogP contribution in [0.4, 0.5) is 5.00 Å². The van der Waals surface area contributed by atoms with Gasteiger partial charge in [-0.3, -0.25) is 4.79 Å². The average Bonchev–Trinajstić information content (AvgIpc) is 3.13. The summed E-state index contributed by atoms with van der Waals surface area (Å²) < 4.78 is 11.0. The monoisotopic (exact) mass is 431 g/mol. The van der Waals surface area contributed by atoms with Gasteiger partial charge in [0, 0.05) is 4.88 Å². The van der Waals surface area contributed by atoms with Crippen LogP contribution in [0.1, 0.15) is 41.3 Å². The highest BCUT2D eigenvalue weighted by molar-refractivity contribution is 7.16. The van der Waals surface area contributed by atoms with E-state index in [4.69, 9.17) is 15.9 Å². The molecule has 0 saturated carbocycles. The lowest BCUT2D eigenvalue weighted by Gasteiger charge is -2.11. The molecule has 7 heteroatoms. The largest absolute Gasteiger partial charge is 0.490 e. The molecule has 1 aliphatic rings. The van der Waals surface area contributed by atoms with Crippen LogP contribution in [-0.2, 0) is 17.6 Å². The molecular formula is C24H21N3O3S. The average molecular weight is 432 g/mol. The van der Waals surface area contributed by atoms with E-state index in [1.165, 1.54) is 17.4 Å². The third-order valence-corrected chi connectivity index (χ3v) is 5.97. The minimum atomic E-state index is -0.553. The first-order valence-corrected chi connectivity index (χ1v) is 10.7. The van der Waals surface area contributed by atoms with Crippen LogP contribution in [0.5, 0.6) is 11.5 Å². The first-order valence-electron chi connectivity index (χ1n) is 9.92. The molecule has 1 aliphatic carbocycles. The second kappa shape index (κ2) is 10.3. The van der Waals surface area contributed by atoms with Crippen LogP contribution in [0.3, 0.4) is 0 Å². The minimum absolute atomic E-state index is 0.0741. The molecule has 0 saturated heterocycles. The van der Waals surface area contributed by atoms with Crippen molar-refractivity contribution in [1.82, 2.24) is 0 Å². The number of terminal acetylenes is 1.